The minimum atomic E-state index is -0.375. The van der Waals surface area contributed by atoms with Crippen LogP contribution in [0.1, 0.15) is 48.5 Å². The summed E-state index contributed by atoms with van der Waals surface area (Å²) in [5.74, 6) is 1.20. The molecule has 1 saturated carbocycles. The Kier molecular flexibility index (Phi) is 5.63. The molecule has 5 nitrogen and oxygen atoms in total. The molecule has 5 heteroatoms. The summed E-state index contributed by atoms with van der Waals surface area (Å²) in [6, 6.07) is 18.8. The average Bonchev–Trinajstić information content (AvgIpc) is 3.60. The van der Waals surface area contributed by atoms with E-state index in [1.165, 1.54) is 12.6 Å². The molecule has 0 radical (unpaired) electrons. The van der Waals surface area contributed by atoms with Crippen molar-refractivity contribution in [3.8, 4) is 11.1 Å². The summed E-state index contributed by atoms with van der Waals surface area (Å²) < 4.78 is 7.38. The van der Waals surface area contributed by atoms with Crippen molar-refractivity contribution in [3.63, 3.8) is 0 Å². The number of hydrogen-bond donors (Lipinski definition) is 1. The lowest BCUT2D eigenvalue weighted by Crippen LogP contribution is -2.08. The van der Waals surface area contributed by atoms with Gasteiger partial charge in [0.05, 0.1) is 12.6 Å². The zero-order chi connectivity index (χ0) is 22.9. The molecule has 1 N–H and O–H groups in total. The summed E-state index contributed by atoms with van der Waals surface area (Å²) >= 11 is 0. The predicted octanol–water partition coefficient (Wildman–Crippen LogP) is 6.77. The van der Waals surface area contributed by atoms with Gasteiger partial charge in [0.2, 0.25) is 0 Å². The lowest BCUT2D eigenvalue weighted by molar-refractivity contribution is 0.0601. The Morgan fingerprint density at radius 3 is 2.64 bits per heavy atom. The number of hydrogen-bond acceptors (Lipinski definition) is 4. The topological polar surface area (TPSA) is 56.1 Å². The van der Waals surface area contributed by atoms with Crippen LogP contribution in [-0.4, -0.2) is 22.6 Å². The number of methoxy groups -OCH3 is 1. The first-order chi connectivity index (χ1) is 16.0. The zero-order valence-corrected chi connectivity index (χ0v) is 19.3. The third kappa shape index (κ3) is 4.36. The van der Waals surface area contributed by atoms with Gasteiger partial charge in [-0.25, -0.2) is 9.78 Å². The molecule has 5 rings (SSSR count). The molecule has 1 aliphatic carbocycles. The van der Waals surface area contributed by atoms with Gasteiger partial charge >= 0.3 is 5.97 Å². The molecule has 2 aromatic heterocycles. The average molecular weight is 440 g/mol. The third-order valence-corrected chi connectivity index (χ3v) is 6.13. The fraction of sp³-hybridized carbons (Fsp3) is 0.286. The minimum absolute atomic E-state index is 0.375. The first-order valence-corrected chi connectivity index (χ1v) is 11.6. The minimum Gasteiger partial charge on any atom is -0.465 e. The van der Waals surface area contributed by atoms with E-state index in [-0.39, 0.29) is 5.97 Å². The third-order valence-electron chi connectivity index (χ3n) is 6.13. The maximum Gasteiger partial charge on any atom is 0.341 e. The Hall–Kier alpha value is -3.60. The van der Waals surface area contributed by atoms with E-state index in [1.54, 1.807) is 0 Å². The Balaban J connectivity index is 1.60. The second-order valence-electron chi connectivity index (χ2n) is 9.25. The standard InChI is InChI=1S/C28H29N3O2/c1-18(2)17-31-12-11-21-13-23(15-24(26(21)31)20-7-5-4-6-8-20)30-27-25(28(32)33-3)14-22(16-29-27)19-9-10-19/h4-8,11-16,18-19H,9-10,17H2,1-3H3,(H,29,30). The van der Waals surface area contributed by atoms with E-state index in [0.29, 0.717) is 23.2 Å². The molecule has 0 unspecified atom stereocenters. The van der Waals surface area contributed by atoms with Gasteiger partial charge in [0, 0.05) is 35.6 Å². The van der Waals surface area contributed by atoms with Gasteiger partial charge in [0.1, 0.15) is 11.4 Å². The number of pyridine rings is 1. The molecular weight excluding hydrogens is 410 g/mol. The van der Waals surface area contributed by atoms with Crippen molar-refractivity contribution < 1.29 is 9.53 Å². The summed E-state index contributed by atoms with van der Waals surface area (Å²) in [6.45, 7) is 5.41. The molecule has 2 aromatic carbocycles. The lowest BCUT2D eigenvalue weighted by atomic mass is 10.0. The van der Waals surface area contributed by atoms with Crippen molar-refractivity contribution in [1.29, 1.82) is 0 Å². The molecule has 33 heavy (non-hydrogen) atoms. The van der Waals surface area contributed by atoms with Gasteiger partial charge in [-0.3, -0.25) is 0 Å². The summed E-state index contributed by atoms with van der Waals surface area (Å²) in [6.07, 6.45) is 6.34. The maximum atomic E-state index is 12.5. The van der Waals surface area contributed by atoms with Crippen molar-refractivity contribution >= 4 is 28.4 Å². The van der Waals surface area contributed by atoms with Gasteiger partial charge in [-0.05, 0) is 60.1 Å². The highest BCUT2D eigenvalue weighted by Crippen LogP contribution is 2.41. The second kappa shape index (κ2) is 8.74. The Bertz CT molecular complexity index is 1300. The number of aromatic nitrogens is 2. The van der Waals surface area contributed by atoms with Crippen molar-refractivity contribution in [1.82, 2.24) is 9.55 Å². The van der Waals surface area contributed by atoms with E-state index in [2.05, 4.69) is 77.4 Å². The van der Waals surface area contributed by atoms with Crippen molar-refractivity contribution in [2.75, 3.05) is 12.4 Å². The normalized spacial score (nSPS) is 13.5. The number of fused-ring (bicyclic) bond motifs is 1. The molecule has 0 amide bonds. The second-order valence-corrected chi connectivity index (χ2v) is 9.25. The molecule has 0 saturated heterocycles. The number of carbonyl (C=O) groups excluding carboxylic acids is 1. The van der Waals surface area contributed by atoms with E-state index in [0.717, 1.165) is 47.2 Å². The molecule has 0 atom stereocenters. The van der Waals surface area contributed by atoms with Crippen LogP contribution in [0.5, 0.6) is 0 Å². The van der Waals surface area contributed by atoms with Crippen LogP contribution in [0.2, 0.25) is 0 Å². The predicted molar refractivity (Wildman–Crippen MR) is 133 cm³/mol. The number of nitrogens with one attached hydrogen (secondary N) is 1. The summed E-state index contributed by atoms with van der Waals surface area (Å²) in [4.78, 5) is 17.1. The number of carbonyl (C=O) groups is 1. The van der Waals surface area contributed by atoms with Crippen LogP contribution in [0, 0.1) is 5.92 Å². The van der Waals surface area contributed by atoms with Crippen molar-refractivity contribution in [2.24, 2.45) is 5.92 Å². The lowest BCUT2D eigenvalue weighted by Gasteiger charge is -2.16. The molecular formula is C28H29N3O2. The first-order valence-electron chi connectivity index (χ1n) is 11.6. The van der Waals surface area contributed by atoms with E-state index < -0.39 is 0 Å². The quantitative estimate of drug-likeness (QED) is 0.323. The highest BCUT2D eigenvalue weighted by atomic mass is 16.5. The van der Waals surface area contributed by atoms with Crippen LogP contribution in [-0.2, 0) is 11.3 Å². The largest absolute Gasteiger partial charge is 0.465 e. The van der Waals surface area contributed by atoms with Gasteiger partial charge in [0.15, 0.2) is 0 Å². The smallest absolute Gasteiger partial charge is 0.341 e. The number of esters is 1. The molecule has 168 valence electrons. The van der Waals surface area contributed by atoms with Crippen LogP contribution >= 0.6 is 0 Å². The van der Waals surface area contributed by atoms with Crippen LogP contribution in [0.4, 0.5) is 11.5 Å². The van der Waals surface area contributed by atoms with Gasteiger partial charge in [-0.1, -0.05) is 44.2 Å². The molecule has 1 aliphatic rings. The number of anilines is 2. The van der Waals surface area contributed by atoms with Gasteiger partial charge < -0.3 is 14.6 Å². The van der Waals surface area contributed by atoms with Gasteiger partial charge in [0.25, 0.3) is 0 Å². The fourth-order valence-electron chi connectivity index (χ4n) is 4.43. The molecule has 2 heterocycles. The first kappa shape index (κ1) is 21.3. The SMILES string of the molecule is COC(=O)c1cc(C2CC2)cnc1Nc1cc(-c2ccccc2)c2c(ccn2CC(C)C)c1. The van der Waals surface area contributed by atoms with E-state index in [1.807, 2.05) is 18.3 Å². The Morgan fingerprint density at radius 2 is 1.94 bits per heavy atom. The summed E-state index contributed by atoms with van der Waals surface area (Å²) in [5.41, 5.74) is 5.98. The molecule has 0 aliphatic heterocycles. The number of nitrogens with zero attached hydrogens (tertiary/aromatic N) is 2. The number of benzene rings is 2. The van der Waals surface area contributed by atoms with E-state index in [9.17, 15) is 4.79 Å². The van der Waals surface area contributed by atoms with Gasteiger partial charge in [-0.15, -0.1) is 0 Å². The maximum absolute atomic E-state index is 12.5. The summed E-state index contributed by atoms with van der Waals surface area (Å²) in [5, 5.41) is 4.55. The molecule has 4 aromatic rings. The highest BCUT2D eigenvalue weighted by Gasteiger charge is 2.26. The van der Waals surface area contributed by atoms with Crippen molar-refractivity contribution in [3.05, 3.63) is 78.1 Å². The van der Waals surface area contributed by atoms with Crippen LogP contribution in [0.3, 0.4) is 0 Å². The monoisotopic (exact) mass is 439 g/mol. The highest BCUT2D eigenvalue weighted by molar-refractivity contribution is 5.99. The van der Waals surface area contributed by atoms with Crippen LogP contribution < -0.4 is 5.32 Å². The van der Waals surface area contributed by atoms with Gasteiger partial charge in [-0.2, -0.15) is 0 Å². The molecule has 1 fully saturated rings. The molecule has 0 spiro atoms. The Morgan fingerprint density at radius 1 is 1.15 bits per heavy atom. The number of rotatable bonds is 7. The fourth-order valence-corrected chi connectivity index (χ4v) is 4.43. The van der Waals surface area contributed by atoms with Crippen LogP contribution in [0.25, 0.3) is 22.0 Å². The van der Waals surface area contributed by atoms with Crippen LogP contribution in [0.15, 0.2) is 67.0 Å². The van der Waals surface area contributed by atoms with Crippen molar-refractivity contribution in [2.45, 2.75) is 39.2 Å². The zero-order valence-electron chi connectivity index (χ0n) is 19.3. The summed E-state index contributed by atoms with van der Waals surface area (Å²) in [7, 11) is 1.41. The van der Waals surface area contributed by atoms with E-state index >= 15 is 0 Å². The molecule has 0 bridgehead atoms. The number of ether oxygens (including phenoxy) is 1. The van der Waals surface area contributed by atoms with E-state index in [4.69, 9.17) is 4.74 Å². The Labute approximate surface area is 194 Å².